The first-order valence-electron chi connectivity index (χ1n) is 7.44. The van der Waals surface area contributed by atoms with Crippen molar-refractivity contribution in [3.05, 3.63) is 0 Å². The number of aliphatic hydroxyl groups is 1. The van der Waals surface area contributed by atoms with E-state index in [9.17, 15) is 4.79 Å². The third-order valence-electron chi connectivity index (χ3n) is 4.37. The van der Waals surface area contributed by atoms with E-state index >= 15 is 0 Å². The molecule has 2 atom stereocenters. The number of amides is 2. The number of aliphatic hydroxyl groups excluding tert-OH is 1. The molecule has 0 radical (unpaired) electrons. The van der Waals surface area contributed by atoms with Crippen molar-refractivity contribution in [1.29, 1.82) is 0 Å². The zero-order valence-corrected chi connectivity index (χ0v) is 11.9. The molecule has 110 valence electrons. The fraction of sp³-hybridized carbons (Fsp3) is 0.929. The summed E-state index contributed by atoms with van der Waals surface area (Å²) in [7, 11) is 0. The second-order valence-electron chi connectivity index (χ2n) is 5.90. The van der Waals surface area contributed by atoms with Gasteiger partial charge in [0.2, 0.25) is 0 Å². The van der Waals surface area contributed by atoms with Crippen LogP contribution in [0.4, 0.5) is 4.79 Å². The SMILES string of the molecule is C[C@@]1(CCCO)CCCN1C(=O)NC[C@@H]1CCCO1. The van der Waals surface area contributed by atoms with Crippen molar-refractivity contribution in [3.63, 3.8) is 0 Å². The third kappa shape index (κ3) is 3.60. The Bertz CT molecular complexity index is 305. The molecule has 5 heteroatoms. The maximum Gasteiger partial charge on any atom is 0.317 e. The lowest BCUT2D eigenvalue weighted by atomic mass is 9.93. The van der Waals surface area contributed by atoms with Crippen LogP contribution in [0.5, 0.6) is 0 Å². The lowest BCUT2D eigenvalue weighted by Crippen LogP contribution is -2.51. The van der Waals surface area contributed by atoms with Gasteiger partial charge < -0.3 is 20.1 Å². The minimum atomic E-state index is -0.0939. The topological polar surface area (TPSA) is 61.8 Å². The Balaban J connectivity index is 1.82. The molecule has 0 spiro atoms. The Morgan fingerprint density at radius 3 is 3.05 bits per heavy atom. The molecule has 2 N–H and O–H groups in total. The monoisotopic (exact) mass is 270 g/mol. The molecule has 0 unspecified atom stereocenters. The summed E-state index contributed by atoms with van der Waals surface area (Å²) in [5, 5.41) is 12.0. The number of urea groups is 1. The summed E-state index contributed by atoms with van der Waals surface area (Å²) in [6.45, 7) is 4.57. The molecule has 0 aromatic heterocycles. The van der Waals surface area contributed by atoms with Crippen LogP contribution in [0.1, 0.15) is 45.4 Å². The molecule has 0 aromatic rings. The summed E-state index contributed by atoms with van der Waals surface area (Å²) in [5.41, 5.74) is -0.0939. The number of likely N-dealkylation sites (tertiary alicyclic amines) is 1. The van der Waals surface area contributed by atoms with Gasteiger partial charge >= 0.3 is 6.03 Å². The van der Waals surface area contributed by atoms with Crippen LogP contribution in [0.2, 0.25) is 0 Å². The van der Waals surface area contributed by atoms with Crippen molar-refractivity contribution in [2.75, 3.05) is 26.3 Å². The highest BCUT2D eigenvalue weighted by Gasteiger charge is 2.39. The molecule has 2 saturated heterocycles. The summed E-state index contributed by atoms with van der Waals surface area (Å²) in [6.07, 6.45) is 6.04. The molecule has 2 aliphatic heterocycles. The Hall–Kier alpha value is -0.810. The first-order valence-corrected chi connectivity index (χ1v) is 7.44. The summed E-state index contributed by atoms with van der Waals surface area (Å²) in [4.78, 5) is 14.2. The molecule has 2 aliphatic rings. The first kappa shape index (κ1) is 14.6. The number of carbonyl (C=O) groups excluding carboxylic acids is 1. The van der Waals surface area contributed by atoms with E-state index < -0.39 is 0 Å². The van der Waals surface area contributed by atoms with Crippen LogP contribution in [-0.4, -0.2) is 54.0 Å². The van der Waals surface area contributed by atoms with Crippen molar-refractivity contribution in [2.45, 2.75) is 57.1 Å². The predicted molar refractivity (Wildman–Crippen MR) is 73.0 cm³/mol. The molecule has 2 rings (SSSR count). The highest BCUT2D eigenvalue weighted by molar-refractivity contribution is 5.75. The van der Waals surface area contributed by atoms with Crippen LogP contribution in [-0.2, 0) is 4.74 Å². The third-order valence-corrected chi connectivity index (χ3v) is 4.37. The van der Waals surface area contributed by atoms with E-state index in [2.05, 4.69) is 12.2 Å². The van der Waals surface area contributed by atoms with Crippen molar-refractivity contribution in [2.24, 2.45) is 0 Å². The summed E-state index contributed by atoms with van der Waals surface area (Å²) in [5.74, 6) is 0. The minimum absolute atomic E-state index is 0.0217. The smallest absolute Gasteiger partial charge is 0.317 e. The summed E-state index contributed by atoms with van der Waals surface area (Å²) >= 11 is 0. The molecule has 0 saturated carbocycles. The van der Waals surface area contributed by atoms with E-state index in [1.165, 1.54) is 0 Å². The number of carbonyl (C=O) groups is 1. The lowest BCUT2D eigenvalue weighted by Gasteiger charge is -2.35. The number of hydrogen-bond donors (Lipinski definition) is 2. The van der Waals surface area contributed by atoms with Gasteiger partial charge in [-0.3, -0.25) is 0 Å². The molecule has 2 heterocycles. The minimum Gasteiger partial charge on any atom is -0.396 e. The van der Waals surface area contributed by atoms with Gasteiger partial charge in [-0.2, -0.15) is 0 Å². The van der Waals surface area contributed by atoms with Gasteiger partial charge in [-0.05, 0) is 45.4 Å². The standard InChI is InChI=1S/C14H26N2O3/c1-14(7-4-9-17)6-3-8-16(14)13(18)15-11-12-5-2-10-19-12/h12,17H,2-11H2,1H3,(H,15,18)/t12-,14-/m0/s1. The van der Waals surface area contributed by atoms with Crippen LogP contribution in [0.3, 0.4) is 0 Å². The lowest BCUT2D eigenvalue weighted by molar-refractivity contribution is 0.103. The fourth-order valence-electron chi connectivity index (χ4n) is 3.19. The van der Waals surface area contributed by atoms with E-state index in [0.717, 1.165) is 51.7 Å². The highest BCUT2D eigenvalue weighted by Crippen LogP contribution is 2.33. The normalized spacial score (nSPS) is 30.8. The van der Waals surface area contributed by atoms with E-state index in [0.29, 0.717) is 6.54 Å². The van der Waals surface area contributed by atoms with Crippen molar-refractivity contribution < 1.29 is 14.6 Å². The van der Waals surface area contributed by atoms with Gasteiger partial charge in [0.1, 0.15) is 0 Å². The summed E-state index contributed by atoms with van der Waals surface area (Å²) in [6, 6.07) is 0.0217. The first-order chi connectivity index (χ1) is 9.15. The highest BCUT2D eigenvalue weighted by atomic mass is 16.5. The average molecular weight is 270 g/mol. The van der Waals surface area contributed by atoms with Gasteiger partial charge in [-0.1, -0.05) is 0 Å². The largest absolute Gasteiger partial charge is 0.396 e. The fourth-order valence-corrected chi connectivity index (χ4v) is 3.19. The molecule has 19 heavy (non-hydrogen) atoms. The molecule has 0 bridgehead atoms. The molecular formula is C14H26N2O3. The van der Waals surface area contributed by atoms with Crippen LogP contribution in [0.15, 0.2) is 0 Å². The number of rotatable bonds is 5. The van der Waals surface area contributed by atoms with Crippen LogP contribution >= 0.6 is 0 Å². The number of ether oxygens (including phenoxy) is 1. The zero-order valence-electron chi connectivity index (χ0n) is 11.9. The molecule has 2 fully saturated rings. The van der Waals surface area contributed by atoms with Crippen molar-refractivity contribution in [3.8, 4) is 0 Å². The molecule has 0 aromatic carbocycles. The molecule has 2 amide bonds. The van der Waals surface area contributed by atoms with Gasteiger partial charge in [0, 0.05) is 31.8 Å². The van der Waals surface area contributed by atoms with E-state index in [1.54, 1.807) is 0 Å². The predicted octanol–water partition coefficient (Wildman–Crippen LogP) is 1.50. The zero-order chi connectivity index (χ0) is 13.7. The Labute approximate surface area is 115 Å². The summed E-state index contributed by atoms with van der Waals surface area (Å²) < 4.78 is 5.52. The van der Waals surface area contributed by atoms with Gasteiger partial charge in [0.05, 0.1) is 6.10 Å². The Kier molecular flexibility index (Phi) is 5.05. The second-order valence-corrected chi connectivity index (χ2v) is 5.90. The van der Waals surface area contributed by atoms with Crippen LogP contribution in [0.25, 0.3) is 0 Å². The average Bonchev–Trinajstić information content (AvgIpc) is 3.03. The Morgan fingerprint density at radius 1 is 1.53 bits per heavy atom. The van der Waals surface area contributed by atoms with Gasteiger partial charge in [0.25, 0.3) is 0 Å². The van der Waals surface area contributed by atoms with Crippen molar-refractivity contribution >= 4 is 6.03 Å². The van der Waals surface area contributed by atoms with Gasteiger partial charge in [-0.15, -0.1) is 0 Å². The maximum absolute atomic E-state index is 12.3. The van der Waals surface area contributed by atoms with Crippen LogP contribution in [0, 0.1) is 0 Å². The maximum atomic E-state index is 12.3. The number of hydrogen-bond acceptors (Lipinski definition) is 3. The van der Waals surface area contributed by atoms with E-state index in [1.807, 2.05) is 4.90 Å². The quantitative estimate of drug-likeness (QED) is 0.796. The molecular weight excluding hydrogens is 244 g/mol. The van der Waals surface area contributed by atoms with E-state index in [-0.39, 0.29) is 24.3 Å². The molecule has 5 nitrogen and oxygen atoms in total. The second kappa shape index (κ2) is 6.57. The van der Waals surface area contributed by atoms with Gasteiger partial charge in [-0.25, -0.2) is 4.79 Å². The Morgan fingerprint density at radius 2 is 2.37 bits per heavy atom. The number of nitrogens with zero attached hydrogens (tertiary/aromatic N) is 1. The van der Waals surface area contributed by atoms with Crippen LogP contribution < -0.4 is 5.32 Å². The van der Waals surface area contributed by atoms with Gasteiger partial charge in [0.15, 0.2) is 0 Å². The molecule has 0 aliphatic carbocycles. The number of nitrogens with one attached hydrogen (secondary N) is 1. The van der Waals surface area contributed by atoms with Crippen molar-refractivity contribution in [1.82, 2.24) is 10.2 Å². The van der Waals surface area contributed by atoms with E-state index in [4.69, 9.17) is 9.84 Å².